The first-order valence-electron chi connectivity index (χ1n) is 5.77. The summed E-state index contributed by atoms with van der Waals surface area (Å²) in [6.07, 6.45) is 1.00. The minimum absolute atomic E-state index is 0.0607. The number of nitrogens with zero attached hydrogens (tertiary/aromatic N) is 2. The molecule has 86 valence electrons. The zero-order valence-electron chi connectivity index (χ0n) is 11.2. The minimum Gasteiger partial charge on any atom is -0.267 e. The second-order valence-electron chi connectivity index (χ2n) is 6.56. The van der Waals surface area contributed by atoms with Crippen molar-refractivity contribution in [2.75, 3.05) is 0 Å². The zero-order chi connectivity index (χ0) is 11.9. The normalized spacial score (nSPS) is 23.5. The Bertz CT molecular complexity index is 297. The Balaban J connectivity index is 3.06. The zero-order valence-corrected chi connectivity index (χ0v) is 11.2. The molecule has 2 heteroatoms. The van der Waals surface area contributed by atoms with Crippen LogP contribution >= 0.6 is 0 Å². The predicted molar refractivity (Wildman–Crippen MR) is 67.9 cm³/mol. The molecule has 1 heterocycles. The quantitative estimate of drug-likeness (QED) is 0.580. The molecule has 1 aliphatic rings. The number of rotatable bonds is 0. The molecule has 2 nitrogen and oxygen atoms in total. The van der Waals surface area contributed by atoms with Crippen molar-refractivity contribution >= 4 is 11.5 Å². The van der Waals surface area contributed by atoms with Gasteiger partial charge in [0.25, 0.3) is 0 Å². The van der Waals surface area contributed by atoms with Gasteiger partial charge in [0.05, 0.1) is 6.04 Å². The van der Waals surface area contributed by atoms with Crippen LogP contribution in [0.3, 0.4) is 0 Å². The van der Waals surface area contributed by atoms with Crippen molar-refractivity contribution in [1.29, 1.82) is 0 Å². The molecular weight excluding hydrogens is 184 g/mol. The summed E-state index contributed by atoms with van der Waals surface area (Å²) in [4.78, 5) is 9.39. The highest BCUT2D eigenvalue weighted by atomic mass is 15.0. The molecule has 0 amide bonds. The Morgan fingerprint density at radius 2 is 1.53 bits per heavy atom. The van der Waals surface area contributed by atoms with Gasteiger partial charge in [-0.1, -0.05) is 41.5 Å². The van der Waals surface area contributed by atoms with Crippen LogP contribution in [0, 0.1) is 10.8 Å². The number of hydrogen-bond donors (Lipinski definition) is 0. The van der Waals surface area contributed by atoms with E-state index in [4.69, 9.17) is 4.99 Å². The summed E-state index contributed by atoms with van der Waals surface area (Å²) in [6, 6.07) is 0.381. The van der Waals surface area contributed by atoms with E-state index in [9.17, 15) is 0 Å². The predicted octanol–water partition coefficient (Wildman–Crippen LogP) is 3.71. The van der Waals surface area contributed by atoms with Gasteiger partial charge in [0.2, 0.25) is 0 Å². The molecule has 1 rings (SSSR count). The first-order chi connectivity index (χ1) is 6.60. The highest BCUT2D eigenvalue weighted by Gasteiger charge is 2.28. The topological polar surface area (TPSA) is 24.7 Å². The Morgan fingerprint density at radius 1 is 1.00 bits per heavy atom. The van der Waals surface area contributed by atoms with Crippen LogP contribution in [-0.4, -0.2) is 17.6 Å². The van der Waals surface area contributed by atoms with Crippen LogP contribution in [0.5, 0.6) is 0 Å². The molecule has 1 unspecified atom stereocenters. The molecule has 0 saturated heterocycles. The van der Waals surface area contributed by atoms with Crippen molar-refractivity contribution in [3.05, 3.63) is 0 Å². The third kappa shape index (κ3) is 3.15. The summed E-state index contributed by atoms with van der Waals surface area (Å²) in [7, 11) is 0. The second kappa shape index (κ2) is 3.73. The molecular formula is C13H24N2. The van der Waals surface area contributed by atoms with Crippen LogP contribution in [0.25, 0.3) is 0 Å². The maximum Gasteiger partial charge on any atom is 0.128 e. The van der Waals surface area contributed by atoms with Crippen LogP contribution in [0.2, 0.25) is 0 Å². The standard InChI is InChI=1S/C13H24N2/c1-9-8-10(12(2,3)4)15-11(14-9)13(5,6)7/h9H,8H2,1-7H3. The second-order valence-corrected chi connectivity index (χ2v) is 6.56. The summed E-state index contributed by atoms with van der Waals surface area (Å²) < 4.78 is 0. The third-order valence-corrected chi connectivity index (χ3v) is 2.61. The third-order valence-electron chi connectivity index (χ3n) is 2.61. The molecule has 15 heavy (non-hydrogen) atoms. The monoisotopic (exact) mass is 208 g/mol. The molecule has 0 fully saturated rings. The molecule has 0 aromatic carbocycles. The molecule has 0 aromatic rings. The minimum atomic E-state index is 0.0607. The van der Waals surface area contributed by atoms with Gasteiger partial charge >= 0.3 is 0 Å². The Hall–Kier alpha value is -0.660. The van der Waals surface area contributed by atoms with Gasteiger partial charge in [-0.05, 0) is 6.92 Å². The van der Waals surface area contributed by atoms with Gasteiger partial charge in [-0.2, -0.15) is 0 Å². The Kier molecular flexibility index (Phi) is 3.09. The summed E-state index contributed by atoms with van der Waals surface area (Å²) in [6.45, 7) is 15.4. The molecule has 0 N–H and O–H groups in total. The molecule has 1 atom stereocenters. The lowest BCUT2D eigenvalue weighted by molar-refractivity contribution is 0.539. The lowest BCUT2D eigenvalue weighted by Gasteiger charge is -2.30. The van der Waals surface area contributed by atoms with E-state index in [2.05, 4.69) is 53.5 Å². The van der Waals surface area contributed by atoms with Gasteiger partial charge in [0.1, 0.15) is 5.84 Å². The van der Waals surface area contributed by atoms with E-state index >= 15 is 0 Å². The van der Waals surface area contributed by atoms with Crippen LogP contribution in [0.15, 0.2) is 9.98 Å². The van der Waals surface area contributed by atoms with Crippen molar-refractivity contribution in [2.24, 2.45) is 20.8 Å². The van der Waals surface area contributed by atoms with E-state index in [0.29, 0.717) is 6.04 Å². The summed E-state index contributed by atoms with van der Waals surface area (Å²) in [5.74, 6) is 1.01. The lowest BCUT2D eigenvalue weighted by atomic mass is 9.84. The van der Waals surface area contributed by atoms with Crippen LogP contribution < -0.4 is 0 Å². The Labute approximate surface area is 93.9 Å². The van der Waals surface area contributed by atoms with E-state index < -0.39 is 0 Å². The molecule has 0 spiro atoms. The van der Waals surface area contributed by atoms with E-state index in [-0.39, 0.29) is 10.8 Å². The maximum absolute atomic E-state index is 4.74. The summed E-state index contributed by atoms with van der Waals surface area (Å²) >= 11 is 0. The highest BCUT2D eigenvalue weighted by Crippen LogP contribution is 2.28. The van der Waals surface area contributed by atoms with Gasteiger partial charge in [-0.15, -0.1) is 0 Å². The fourth-order valence-corrected chi connectivity index (χ4v) is 1.57. The van der Waals surface area contributed by atoms with Gasteiger partial charge < -0.3 is 0 Å². The fourth-order valence-electron chi connectivity index (χ4n) is 1.57. The Morgan fingerprint density at radius 3 is 1.93 bits per heavy atom. The van der Waals surface area contributed by atoms with Crippen LogP contribution in [0.1, 0.15) is 54.9 Å². The molecule has 0 aromatic heterocycles. The average molecular weight is 208 g/mol. The fraction of sp³-hybridized carbons (Fsp3) is 0.846. The van der Waals surface area contributed by atoms with Crippen molar-refractivity contribution in [3.8, 4) is 0 Å². The van der Waals surface area contributed by atoms with Crippen molar-refractivity contribution in [3.63, 3.8) is 0 Å². The van der Waals surface area contributed by atoms with Crippen molar-refractivity contribution < 1.29 is 0 Å². The maximum atomic E-state index is 4.74. The van der Waals surface area contributed by atoms with Crippen LogP contribution in [0.4, 0.5) is 0 Å². The van der Waals surface area contributed by atoms with Crippen molar-refractivity contribution in [2.45, 2.75) is 60.9 Å². The highest BCUT2D eigenvalue weighted by molar-refractivity contribution is 6.04. The van der Waals surface area contributed by atoms with E-state index in [0.717, 1.165) is 12.3 Å². The lowest BCUT2D eigenvalue weighted by Crippen LogP contribution is -2.32. The number of amidine groups is 1. The smallest absolute Gasteiger partial charge is 0.128 e. The van der Waals surface area contributed by atoms with Gasteiger partial charge in [-0.25, -0.2) is 4.99 Å². The largest absolute Gasteiger partial charge is 0.267 e. The number of hydrogen-bond acceptors (Lipinski definition) is 2. The SMILES string of the molecule is CC1CC(C(C)(C)C)=NC(C(C)(C)C)=N1. The molecule has 0 aliphatic carbocycles. The van der Waals surface area contributed by atoms with E-state index in [1.807, 2.05) is 0 Å². The molecule has 1 aliphatic heterocycles. The first-order valence-corrected chi connectivity index (χ1v) is 5.77. The molecule has 0 saturated carbocycles. The average Bonchev–Trinajstić information content (AvgIpc) is 1.99. The van der Waals surface area contributed by atoms with E-state index in [1.54, 1.807) is 0 Å². The van der Waals surface area contributed by atoms with E-state index in [1.165, 1.54) is 5.71 Å². The van der Waals surface area contributed by atoms with Gasteiger partial charge in [0, 0.05) is 23.0 Å². The first kappa shape index (κ1) is 12.4. The summed E-state index contributed by atoms with van der Waals surface area (Å²) in [5.41, 5.74) is 1.52. The molecule has 0 bridgehead atoms. The summed E-state index contributed by atoms with van der Waals surface area (Å²) in [5, 5.41) is 0. The molecule has 0 radical (unpaired) electrons. The van der Waals surface area contributed by atoms with Gasteiger partial charge in [0.15, 0.2) is 0 Å². The number of aliphatic imine (C=N–C) groups is 2. The van der Waals surface area contributed by atoms with Crippen LogP contribution in [-0.2, 0) is 0 Å². The van der Waals surface area contributed by atoms with Crippen molar-refractivity contribution in [1.82, 2.24) is 0 Å². The van der Waals surface area contributed by atoms with Gasteiger partial charge in [-0.3, -0.25) is 4.99 Å².